The molecule has 0 spiro atoms. The van der Waals surface area contributed by atoms with Crippen molar-refractivity contribution in [3.8, 4) is 5.75 Å². The summed E-state index contributed by atoms with van der Waals surface area (Å²) >= 11 is 6.81. The summed E-state index contributed by atoms with van der Waals surface area (Å²) in [5.74, 6) is -1.60. The number of nitrogens with zero attached hydrogens (tertiary/aromatic N) is 2. The van der Waals surface area contributed by atoms with Gasteiger partial charge in [-0.2, -0.15) is 5.10 Å². The zero-order valence-electron chi connectivity index (χ0n) is 14.7. The molecule has 0 aliphatic carbocycles. The van der Waals surface area contributed by atoms with Crippen LogP contribution < -0.4 is 10.1 Å². The van der Waals surface area contributed by atoms with Crippen molar-refractivity contribution in [2.45, 2.75) is 11.7 Å². The van der Waals surface area contributed by atoms with Gasteiger partial charge in [0.15, 0.2) is 5.17 Å². The molecule has 0 radical (unpaired) electrons. The molecule has 10 heteroatoms. The van der Waals surface area contributed by atoms with Crippen molar-refractivity contribution in [3.05, 3.63) is 64.7 Å². The van der Waals surface area contributed by atoms with Gasteiger partial charge in [0.05, 0.1) is 18.2 Å². The van der Waals surface area contributed by atoms with E-state index in [2.05, 4.69) is 15.5 Å². The van der Waals surface area contributed by atoms with Crippen LogP contribution in [0.4, 0.5) is 0 Å². The number of nitrogens with one attached hydrogen (secondary N) is 1. The monoisotopic (exact) mass is 431 g/mol. The van der Waals surface area contributed by atoms with Gasteiger partial charge in [-0.15, -0.1) is 5.10 Å². The number of esters is 1. The first-order valence-corrected chi connectivity index (χ1v) is 9.54. The first-order chi connectivity index (χ1) is 13.9. The van der Waals surface area contributed by atoms with Crippen molar-refractivity contribution in [2.24, 2.45) is 10.2 Å². The lowest BCUT2D eigenvalue weighted by atomic mass is 10.2. The van der Waals surface area contributed by atoms with Crippen LogP contribution in [0.15, 0.2) is 58.7 Å². The highest BCUT2D eigenvalue weighted by atomic mass is 35.5. The Bertz CT molecular complexity index is 990. The van der Waals surface area contributed by atoms with Gasteiger partial charge in [0.25, 0.3) is 0 Å². The Kier molecular flexibility index (Phi) is 6.63. The van der Waals surface area contributed by atoms with Gasteiger partial charge >= 0.3 is 11.9 Å². The van der Waals surface area contributed by atoms with Crippen LogP contribution in [0.2, 0.25) is 5.02 Å². The number of carboxylic acid groups (broad SMARTS) is 1. The topological polar surface area (TPSA) is 117 Å². The number of amidine groups is 1. The number of aliphatic carboxylic acids is 1. The fourth-order valence-electron chi connectivity index (χ4n) is 2.27. The van der Waals surface area contributed by atoms with E-state index in [-0.39, 0.29) is 11.6 Å². The summed E-state index contributed by atoms with van der Waals surface area (Å²) in [5.41, 5.74) is 1.07. The molecule has 0 aromatic heterocycles. The third-order valence-electron chi connectivity index (χ3n) is 3.66. The van der Waals surface area contributed by atoms with Gasteiger partial charge < -0.3 is 15.2 Å². The van der Waals surface area contributed by atoms with Crippen LogP contribution in [-0.4, -0.2) is 39.6 Å². The van der Waals surface area contributed by atoms with Gasteiger partial charge in [0.1, 0.15) is 11.0 Å². The first-order valence-electron chi connectivity index (χ1n) is 8.29. The zero-order valence-corrected chi connectivity index (χ0v) is 16.3. The molecule has 29 heavy (non-hydrogen) atoms. The smallest absolute Gasteiger partial charge is 0.343 e. The van der Waals surface area contributed by atoms with Gasteiger partial charge in [-0.25, -0.2) is 4.79 Å². The zero-order chi connectivity index (χ0) is 20.8. The van der Waals surface area contributed by atoms with Gasteiger partial charge in [-0.05, 0) is 54.1 Å². The minimum Gasteiger partial charge on any atom is -0.481 e. The van der Waals surface area contributed by atoms with Crippen molar-refractivity contribution in [1.82, 2.24) is 5.32 Å². The molecular weight excluding hydrogens is 418 g/mol. The van der Waals surface area contributed by atoms with E-state index in [9.17, 15) is 14.4 Å². The lowest BCUT2D eigenvalue weighted by Crippen LogP contribution is -2.26. The molecular formula is C19H14ClN3O5S. The molecule has 1 aliphatic heterocycles. The standard InChI is InChI=1S/C19H14ClN3O5S/c20-13-5-3-12(4-6-13)18(27)28-14-7-1-11(2-8-14)10-21-23-19-22-17(26)15(29-19)9-16(24)25/h1-8,10,15H,9H2,(H,24,25)(H,22,23,26)/b21-10+. The minimum absolute atomic E-state index is 0.242. The second-order valence-corrected chi connectivity index (χ2v) is 7.44. The third kappa shape index (κ3) is 5.90. The molecule has 148 valence electrons. The summed E-state index contributed by atoms with van der Waals surface area (Å²) in [6.07, 6.45) is 1.17. The number of carboxylic acids is 1. The van der Waals surface area contributed by atoms with E-state index in [0.717, 1.165) is 11.8 Å². The molecule has 8 nitrogen and oxygen atoms in total. The van der Waals surface area contributed by atoms with Crippen LogP contribution >= 0.6 is 23.4 Å². The van der Waals surface area contributed by atoms with Crippen LogP contribution in [0, 0.1) is 0 Å². The number of hydrogen-bond donors (Lipinski definition) is 2. The first kappa shape index (κ1) is 20.6. The van der Waals surface area contributed by atoms with Crippen molar-refractivity contribution in [3.63, 3.8) is 0 Å². The Labute approximate surface area is 174 Å². The molecule has 0 saturated carbocycles. The maximum Gasteiger partial charge on any atom is 0.343 e. The maximum atomic E-state index is 12.1. The Hall–Kier alpha value is -3.17. The van der Waals surface area contributed by atoms with E-state index in [1.165, 1.54) is 6.21 Å². The van der Waals surface area contributed by atoms with Crippen molar-refractivity contribution in [1.29, 1.82) is 0 Å². The fourth-order valence-corrected chi connectivity index (χ4v) is 3.31. The van der Waals surface area contributed by atoms with Crippen molar-refractivity contribution in [2.75, 3.05) is 0 Å². The second kappa shape index (κ2) is 9.35. The molecule has 3 rings (SSSR count). The van der Waals surface area contributed by atoms with Gasteiger partial charge in [0, 0.05) is 5.02 Å². The summed E-state index contributed by atoms with van der Waals surface area (Å²) in [6.45, 7) is 0. The largest absolute Gasteiger partial charge is 0.481 e. The molecule has 1 fully saturated rings. The molecule has 1 atom stereocenters. The average molecular weight is 432 g/mol. The average Bonchev–Trinajstić information content (AvgIpc) is 3.02. The minimum atomic E-state index is -1.06. The highest BCUT2D eigenvalue weighted by molar-refractivity contribution is 8.15. The van der Waals surface area contributed by atoms with E-state index in [4.69, 9.17) is 21.4 Å². The normalized spacial score (nSPS) is 17.5. The molecule has 1 unspecified atom stereocenters. The Balaban J connectivity index is 1.56. The maximum absolute atomic E-state index is 12.1. The number of carbonyl (C=O) groups excluding carboxylic acids is 2. The van der Waals surface area contributed by atoms with Gasteiger partial charge in [-0.3, -0.25) is 9.59 Å². The Morgan fingerprint density at radius 3 is 2.52 bits per heavy atom. The van der Waals surface area contributed by atoms with E-state index >= 15 is 0 Å². The quantitative estimate of drug-likeness (QED) is 0.314. The highest BCUT2D eigenvalue weighted by Crippen LogP contribution is 2.22. The third-order valence-corrected chi connectivity index (χ3v) is 4.99. The molecule has 1 aliphatic rings. The summed E-state index contributed by atoms with van der Waals surface area (Å²) in [4.78, 5) is 34.4. The lowest BCUT2D eigenvalue weighted by Gasteiger charge is -2.04. The summed E-state index contributed by atoms with van der Waals surface area (Å²) in [7, 11) is 0. The van der Waals surface area contributed by atoms with E-state index in [0.29, 0.717) is 21.9 Å². The summed E-state index contributed by atoms with van der Waals surface area (Å²) in [5, 5.41) is 19.0. The predicted molar refractivity (Wildman–Crippen MR) is 110 cm³/mol. The molecule has 1 heterocycles. The molecule has 0 bridgehead atoms. The molecule has 2 N–H and O–H groups in total. The van der Waals surface area contributed by atoms with Crippen LogP contribution in [-0.2, 0) is 9.59 Å². The van der Waals surface area contributed by atoms with Crippen LogP contribution in [0.25, 0.3) is 0 Å². The number of benzene rings is 2. The van der Waals surface area contributed by atoms with Crippen molar-refractivity contribution >= 4 is 52.6 Å². The Morgan fingerprint density at radius 2 is 1.86 bits per heavy atom. The number of hydrogen-bond acceptors (Lipinski definition) is 7. The van der Waals surface area contributed by atoms with Gasteiger partial charge in [-0.1, -0.05) is 23.4 Å². The number of carbonyl (C=O) groups is 3. The SMILES string of the molecule is O=C(O)CC1S/C(=N/N=C/c2ccc(OC(=O)c3ccc(Cl)cc3)cc2)NC1=O. The number of amides is 1. The molecule has 2 aromatic rings. The predicted octanol–water partition coefficient (Wildman–Crippen LogP) is 2.96. The van der Waals surface area contributed by atoms with Crippen LogP contribution in [0.5, 0.6) is 5.75 Å². The number of ether oxygens (including phenoxy) is 1. The van der Waals surface area contributed by atoms with Crippen LogP contribution in [0.3, 0.4) is 0 Å². The molecule has 2 aromatic carbocycles. The highest BCUT2D eigenvalue weighted by Gasteiger charge is 2.32. The van der Waals surface area contributed by atoms with Crippen LogP contribution in [0.1, 0.15) is 22.3 Å². The number of thioether (sulfide) groups is 1. The number of halogens is 1. The van der Waals surface area contributed by atoms with E-state index in [1.54, 1.807) is 48.5 Å². The van der Waals surface area contributed by atoms with E-state index in [1.807, 2.05) is 0 Å². The van der Waals surface area contributed by atoms with Gasteiger partial charge in [0.2, 0.25) is 5.91 Å². The second-order valence-electron chi connectivity index (χ2n) is 5.81. The lowest BCUT2D eigenvalue weighted by molar-refractivity contribution is -0.138. The fraction of sp³-hybridized carbons (Fsp3) is 0.105. The summed E-state index contributed by atoms with van der Waals surface area (Å²) < 4.78 is 5.28. The number of rotatable bonds is 6. The van der Waals surface area contributed by atoms with E-state index < -0.39 is 23.1 Å². The Morgan fingerprint density at radius 1 is 1.17 bits per heavy atom. The molecule has 1 saturated heterocycles. The molecule has 1 amide bonds. The van der Waals surface area contributed by atoms with Crippen molar-refractivity contribution < 1.29 is 24.2 Å². The summed E-state index contributed by atoms with van der Waals surface area (Å²) in [6, 6.07) is 12.9.